The summed E-state index contributed by atoms with van der Waals surface area (Å²) in [5.41, 5.74) is 2.36. The third-order valence-electron chi connectivity index (χ3n) is 3.48. The van der Waals surface area contributed by atoms with Gasteiger partial charge in [0.2, 0.25) is 0 Å². The van der Waals surface area contributed by atoms with Gasteiger partial charge in [-0.2, -0.15) is 0 Å². The Morgan fingerprint density at radius 1 is 1.29 bits per heavy atom. The fraction of sp³-hybridized carbons (Fsp3) is 0.294. The topological polar surface area (TPSA) is 30.5 Å². The molecule has 0 spiro atoms. The predicted octanol–water partition coefficient (Wildman–Crippen LogP) is 3.44. The van der Waals surface area contributed by atoms with Crippen molar-refractivity contribution >= 4 is 11.6 Å². The van der Waals surface area contributed by atoms with Gasteiger partial charge in [0, 0.05) is 18.0 Å². The molecular formula is C17H18ClNO2. The minimum atomic E-state index is 0.0476. The summed E-state index contributed by atoms with van der Waals surface area (Å²) in [6.45, 7) is 1.37. The third kappa shape index (κ3) is 3.49. The molecule has 0 bridgehead atoms. The Morgan fingerprint density at radius 3 is 3.05 bits per heavy atom. The fourth-order valence-corrected chi connectivity index (χ4v) is 2.72. The molecule has 1 aliphatic rings. The van der Waals surface area contributed by atoms with Gasteiger partial charge in [0.1, 0.15) is 24.2 Å². The quantitative estimate of drug-likeness (QED) is 0.918. The smallest absolute Gasteiger partial charge is 0.137 e. The van der Waals surface area contributed by atoms with Gasteiger partial charge < -0.3 is 14.8 Å². The molecule has 0 fully saturated rings. The summed E-state index contributed by atoms with van der Waals surface area (Å²) in [6.07, 6.45) is 0.887. The van der Waals surface area contributed by atoms with Gasteiger partial charge in [-0.1, -0.05) is 23.7 Å². The van der Waals surface area contributed by atoms with E-state index in [2.05, 4.69) is 17.4 Å². The molecule has 110 valence electrons. The standard InChI is InChI=1S/C17H18ClNO2/c1-19-10-12-3-2-4-15(7-12)20-11-16-9-13-8-14(18)5-6-17(13)21-16/h2-8,16,19H,9-11H2,1H3. The first-order valence-corrected chi connectivity index (χ1v) is 7.44. The van der Waals surface area contributed by atoms with Crippen molar-refractivity contribution in [3.8, 4) is 11.5 Å². The van der Waals surface area contributed by atoms with Crippen LogP contribution in [0.3, 0.4) is 0 Å². The number of hydrogen-bond donors (Lipinski definition) is 1. The molecule has 0 aromatic heterocycles. The summed E-state index contributed by atoms with van der Waals surface area (Å²) in [4.78, 5) is 0. The number of ether oxygens (including phenoxy) is 2. The highest BCUT2D eigenvalue weighted by atomic mass is 35.5. The Labute approximate surface area is 129 Å². The van der Waals surface area contributed by atoms with Gasteiger partial charge in [-0.25, -0.2) is 0 Å². The van der Waals surface area contributed by atoms with Crippen molar-refractivity contribution in [3.05, 3.63) is 58.6 Å². The van der Waals surface area contributed by atoms with E-state index in [1.165, 1.54) is 5.56 Å². The molecule has 1 unspecified atom stereocenters. The maximum atomic E-state index is 6.00. The molecule has 3 nitrogen and oxygen atoms in total. The van der Waals surface area contributed by atoms with Gasteiger partial charge in [0.25, 0.3) is 0 Å². The first-order chi connectivity index (χ1) is 10.2. The molecule has 0 saturated carbocycles. The van der Waals surface area contributed by atoms with Crippen LogP contribution in [-0.2, 0) is 13.0 Å². The van der Waals surface area contributed by atoms with Gasteiger partial charge >= 0.3 is 0 Å². The molecule has 21 heavy (non-hydrogen) atoms. The summed E-state index contributed by atoms with van der Waals surface area (Å²) in [5.74, 6) is 1.79. The molecule has 1 aliphatic heterocycles. The van der Waals surface area contributed by atoms with E-state index in [9.17, 15) is 0 Å². The zero-order chi connectivity index (χ0) is 14.7. The fourth-order valence-electron chi connectivity index (χ4n) is 2.52. The highest BCUT2D eigenvalue weighted by Crippen LogP contribution is 2.31. The monoisotopic (exact) mass is 303 g/mol. The van der Waals surface area contributed by atoms with Crippen molar-refractivity contribution in [1.29, 1.82) is 0 Å². The number of halogens is 1. The Balaban J connectivity index is 1.58. The average molecular weight is 304 g/mol. The van der Waals surface area contributed by atoms with Crippen molar-refractivity contribution in [2.75, 3.05) is 13.7 Å². The highest BCUT2D eigenvalue weighted by Gasteiger charge is 2.23. The lowest BCUT2D eigenvalue weighted by Gasteiger charge is -2.13. The molecule has 0 radical (unpaired) electrons. The second kappa shape index (κ2) is 6.37. The van der Waals surface area contributed by atoms with Crippen LogP contribution in [-0.4, -0.2) is 19.8 Å². The average Bonchev–Trinajstić information content (AvgIpc) is 2.88. The summed E-state index contributed by atoms with van der Waals surface area (Å²) in [7, 11) is 1.93. The molecule has 0 aliphatic carbocycles. The summed E-state index contributed by atoms with van der Waals surface area (Å²) in [6, 6.07) is 13.8. The molecular weight excluding hydrogens is 286 g/mol. The van der Waals surface area contributed by atoms with E-state index in [0.29, 0.717) is 6.61 Å². The predicted molar refractivity (Wildman–Crippen MR) is 84.3 cm³/mol. The Morgan fingerprint density at radius 2 is 2.19 bits per heavy atom. The normalized spacial score (nSPS) is 16.4. The summed E-state index contributed by atoms with van der Waals surface area (Å²) < 4.78 is 11.7. The Bertz CT molecular complexity index is 630. The van der Waals surface area contributed by atoms with Crippen molar-refractivity contribution in [3.63, 3.8) is 0 Å². The molecule has 2 aromatic rings. The van der Waals surface area contributed by atoms with E-state index >= 15 is 0 Å². The first kappa shape index (κ1) is 14.2. The Kier molecular flexibility index (Phi) is 4.32. The second-order valence-corrected chi connectivity index (χ2v) is 5.62. The maximum Gasteiger partial charge on any atom is 0.137 e. The third-order valence-corrected chi connectivity index (χ3v) is 3.71. The van der Waals surface area contributed by atoms with Gasteiger partial charge in [-0.15, -0.1) is 0 Å². The van der Waals surface area contributed by atoms with E-state index in [0.717, 1.165) is 35.1 Å². The zero-order valence-electron chi connectivity index (χ0n) is 11.9. The molecule has 0 amide bonds. The lowest BCUT2D eigenvalue weighted by atomic mass is 10.1. The lowest BCUT2D eigenvalue weighted by Crippen LogP contribution is -2.22. The van der Waals surface area contributed by atoms with Crippen molar-refractivity contribution in [1.82, 2.24) is 5.32 Å². The minimum absolute atomic E-state index is 0.0476. The molecule has 3 rings (SSSR count). The van der Waals surface area contributed by atoms with Crippen molar-refractivity contribution in [2.45, 2.75) is 19.1 Å². The van der Waals surface area contributed by atoms with Gasteiger partial charge in [-0.05, 0) is 48.5 Å². The van der Waals surface area contributed by atoms with Crippen LogP contribution in [0.1, 0.15) is 11.1 Å². The van der Waals surface area contributed by atoms with Crippen LogP contribution in [0.15, 0.2) is 42.5 Å². The van der Waals surface area contributed by atoms with E-state index in [-0.39, 0.29) is 6.10 Å². The highest BCUT2D eigenvalue weighted by molar-refractivity contribution is 6.30. The van der Waals surface area contributed by atoms with Crippen molar-refractivity contribution < 1.29 is 9.47 Å². The first-order valence-electron chi connectivity index (χ1n) is 7.06. The van der Waals surface area contributed by atoms with Crippen LogP contribution in [0.4, 0.5) is 0 Å². The zero-order valence-corrected chi connectivity index (χ0v) is 12.7. The van der Waals surface area contributed by atoms with E-state index < -0.39 is 0 Å². The SMILES string of the molecule is CNCc1cccc(OCC2Cc3cc(Cl)ccc3O2)c1. The molecule has 0 saturated heterocycles. The number of hydrogen-bond acceptors (Lipinski definition) is 3. The van der Waals surface area contributed by atoms with Gasteiger partial charge in [0.05, 0.1) is 0 Å². The molecule has 4 heteroatoms. The van der Waals surface area contributed by atoms with Crippen LogP contribution in [0.25, 0.3) is 0 Å². The maximum absolute atomic E-state index is 6.00. The molecule has 2 aromatic carbocycles. The van der Waals surface area contributed by atoms with E-state index in [1.807, 2.05) is 37.4 Å². The lowest BCUT2D eigenvalue weighted by molar-refractivity contribution is 0.148. The minimum Gasteiger partial charge on any atom is -0.490 e. The van der Waals surface area contributed by atoms with Crippen molar-refractivity contribution in [2.24, 2.45) is 0 Å². The van der Waals surface area contributed by atoms with Crippen LogP contribution in [0, 0.1) is 0 Å². The number of rotatable bonds is 5. The largest absolute Gasteiger partial charge is 0.490 e. The summed E-state index contributed by atoms with van der Waals surface area (Å²) in [5, 5.41) is 3.88. The second-order valence-electron chi connectivity index (χ2n) is 5.18. The molecule has 1 atom stereocenters. The van der Waals surface area contributed by atoms with Gasteiger partial charge in [-0.3, -0.25) is 0 Å². The van der Waals surface area contributed by atoms with Gasteiger partial charge in [0.15, 0.2) is 0 Å². The Hall–Kier alpha value is -1.71. The van der Waals surface area contributed by atoms with Crippen LogP contribution < -0.4 is 14.8 Å². The number of fused-ring (bicyclic) bond motifs is 1. The van der Waals surface area contributed by atoms with E-state index in [4.69, 9.17) is 21.1 Å². The summed E-state index contributed by atoms with van der Waals surface area (Å²) >= 11 is 6.00. The van der Waals surface area contributed by atoms with E-state index in [1.54, 1.807) is 0 Å². The molecule has 1 heterocycles. The molecule has 1 N–H and O–H groups in total. The van der Waals surface area contributed by atoms with Crippen LogP contribution in [0.2, 0.25) is 5.02 Å². The van der Waals surface area contributed by atoms with Crippen LogP contribution >= 0.6 is 11.6 Å². The van der Waals surface area contributed by atoms with Crippen LogP contribution in [0.5, 0.6) is 11.5 Å². The number of nitrogens with one attached hydrogen (secondary N) is 1. The number of benzene rings is 2.